The molecule has 11 aromatic rings. The minimum absolute atomic E-state index is 0. The van der Waals surface area contributed by atoms with Crippen LogP contribution in [0.3, 0.4) is 0 Å². The number of piperazine rings is 3. The average molecular weight is 1890 g/mol. The van der Waals surface area contributed by atoms with E-state index < -0.39 is 0 Å². The van der Waals surface area contributed by atoms with Crippen LogP contribution in [0.2, 0.25) is 0 Å². The number of rotatable bonds is 8. The number of aldehydes is 2. The monoisotopic (exact) mass is 1890 g/mol. The fourth-order valence-corrected chi connectivity index (χ4v) is 9.99. The van der Waals surface area contributed by atoms with Gasteiger partial charge in [0.05, 0.1) is 29.9 Å². The van der Waals surface area contributed by atoms with E-state index in [-0.39, 0.29) is 112 Å². The predicted octanol–water partition coefficient (Wildman–Crippen LogP) is 29.9. The molecule has 14 rings (SSSR count). The topological polar surface area (TPSA) is 132 Å². The largest absolute Gasteiger partial charge is 0.659 e. The zero-order valence-electron chi connectivity index (χ0n) is 76.5. The van der Waals surface area contributed by atoms with Crippen molar-refractivity contribution in [3.05, 3.63) is 319 Å². The molecular weight excluding hydrogens is 1730 g/mol. The summed E-state index contributed by atoms with van der Waals surface area (Å²) < 4.78 is 4.77. The molecule has 0 bridgehead atoms. The molecule has 2 radical (unpaired) electrons. The molecule has 0 spiro atoms. The number of nitrogens with one attached hydrogen (secondary N) is 1. The Balaban J connectivity index is -0.000000121. The normalized spacial score (nSPS) is 10.6. The van der Waals surface area contributed by atoms with Gasteiger partial charge in [-0.3, -0.25) is 19.7 Å². The molecule has 660 valence electrons. The number of aryl methyl sites for hydroxylation is 2. The van der Waals surface area contributed by atoms with Crippen LogP contribution in [0.25, 0.3) is 49.4 Å². The molecule has 0 aliphatic carbocycles. The van der Waals surface area contributed by atoms with Crippen molar-refractivity contribution >= 4 is 92.4 Å². The summed E-state index contributed by atoms with van der Waals surface area (Å²) in [4.78, 5) is 40.6. The number of ether oxygens (including phenoxy) is 1. The predicted molar refractivity (Wildman–Crippen MR) is 543 cm³/mol. The van der Waals surface area contributed by atoms with Gasteiger partial charge in [0, 0.05) is 155 Å². The van der Waals surface area contributed by atoms with Gasteiger partial charge in [0.2, 0.25) is 0 Å². The van der Waals surface area contributed by atoms with E-state index in [9.17, 15) is 9.59 Å². The summed E-state index contributed by atoms with van der Waals surface area (Å²) in [7, 11) is 1.64. The maximum atomic E-state index is 10.0. The van der Waals surface area contributed by atoms with Crippen LogP contribution in [0.5, 0.6) is 0 Å². The molecular formula is C104H164IN9O3Y2-4. The number of carbonyl (C=O) groups excluding carboxylic acids is 2. The third-order valence-corrected chi connectivity index (χ3v) is 14.6. The van der Waals surface area contributed by atoms with Crippen molar-refractivity contribution < 1.29 is 79.7 Å². The van der Waals surface area contributed by atoms with E-state index in [1.54, 1.807) is 25.5 Å². The first-order chi connectivity index (χ1) is 55.7. The Hall–Kier alpha value is -7.17. The fourth-order valence-electron chi connectivity index (χ4n) is 9.99. The van der Waals surface area contributed by atoms with Gasteiger partial charge in [0.25, 0.3) is 0 Å². The number of methoxy groups -OCH3 is 1. The summed E-state index contributed by atoms with van der Waals surface area (Å²) >= 11 is 0. The van der Waals surface area contributed by atoms with Crippen LogP contribution in [-0.2, 0) is 81.4 Å². The van der Waals surface area contributed by atoms with E-state index in [1.165, 1.54) is 38.8 Å². The second-order valence-corrected chi connectivity index (χ2v) is 21.4. The number of aromatic nitrogens is 3. The molecule has 3 saturated heterocycles. The standard InChI is InChI=1S/C14H17N3.2C13H14N3.C9H10O.C8H8O.C8H9.C7H6O.C7H7.11C2H6.3CH4.HI.2Y/c1-11-5-6-12-13(16-11)3-2-4-14(12)17-9-7-15-8-10-17;2*1-4-12-11(3-2-6-15-12)13(5-1)16-9-7-14-8-10-16;1-10-8-7-9-5-3-2-4-6-9;9-7-6-8-4-2-1-3-5-8;1-7-4-3-5-8(2)6-7;8-6-7-4-2-1-3-5-7;1-7-5-3-2-4-6-7;11*1-2;;;;;;/h2-6,15H,7-10H2,1H3;2*1-6H,7-10H2;2-8H,1H3;1-5,7H,6H2;3-6H,1H2,2H3;1-6H;2-6H,1H2;11*1-2H3;3*1H4;1H;;/q;2*-1;;;-1;;-1;;;;;;;;;;;;;;;;;/b;;;8-7+;;;;;;;;;;;;;;;;;;;;;. The second-order valence-electron chi connectivity index (χ2n) is 21.4. The Morgan fingerprint density at radius 3 is 1.08 bits per heavy atom. The van der Waals surface area contributed by atoms with Crippen molar-refractivity contribution in [1.82, 2.24) is 20.3 Å². The van der Waals surface area contributed by atoms with Crippen molar-refractivity contribution in [3.63, 3.8) is 0 Å². The number of halogens is 1. The van der Waals surface area contributed by atoms with Crippen LogP contribution in [0.4, 0.5) is 17.1 Å². The van der Waals surface area contributed by atoms with Gasteiger partial charge in [-0.05, 0) is 123 Å². The molecule has 1 N–H and O–H groups in total. The van der Waals surface area contributed by atoms with Gasteiger partial charge in [-0.1, -0.05) is 303 Å². The van der Waals surface area contributed by atoms with Crippen molar-refractivity contribution in [3.8, 4) is 0 Å². The van der Waals surface area contributed by atoms with Crippen LogP contribution in [0.15, 0.2) is 255 Å². The molecule has 119 heavy (non-hydrogen) atoms. The molecule has 3 aliphatic rings. The molecule has 3 aromatic heterocycles. The van der Waals surface area contributed by atoms with E-state index in [0.29, 0.717) is 6.42 Å². The third kappa shape index (κ3) is 62.6. The van der Waals surface area contributed by atoms with E-state index in [4.69, 9.17) is 4.74 Å². The maximum Gasteiger partial charge on any atom is 0.150 e. The maximum absolute atomic E-state index is 10.0. The van der Waals surface area contributed by atoms with Crippen LogP contribution >= 0.6 is 24.0 Å². The summed E-state index contributed by atoms with van der Waals surface area (Å²) in [6.45, 7) is 67.7. The van der Waals surface area contributed by atoms with Gasteiger partial charge in [0.15, 0.2) is 0 Å². The first-order valence-electron chi connectivity index (χ1n) is 42.0. The summed E-state index contributed by atoms with van der Waals surface area (Å²) in [5.74, 6) is 0. The number of carbonyl (C=O) groups is 2. The first kappa shape index (κ1) is 135. The van der Waals surface area contributed by atoms with Gasteiger partial charge < -0.3 is 40.2 Å². The third-order valence-electron chi connectivity index (χ3n) is 14.6. The Kier molecular flexibility index (Phi) is 115. The van der Waals surface area contributed by atoms with Gasteiger partial charge in [-0.15, -0.1) is 73.9 Å². The smallest absolute Gasteiger partial charge is 0.150 e. The van der Waals surface area contributed by atoms with Crippen LogP contribution in [0.1, 0.15) is 218 Å². The summed E-state index contributed by atoms with van der Waals surface area (Å²) in [5, 5.41) is 15.9. The molecule has 3 fully saturated rings. The van der Waals surface area contributed by atoms with Gasteiger partial charge >= 0.3 is 0 Å². The fraction of sp³-hybridized carbons (Fsp3) is 0.394. The van der Waals surface area contributed by atoms with Crippen molar-refractivity contribution in [2.24, 2.45) is 0 Å². The van der Waals surface area contributed by atoms with E-state index >= 15 is 0 Å². The molecule has 0 saturated carbocycles. The average Bonchev–Trinajstić information content (AvgIpc) is 0.820. The van der Waals surface area contributed by atoms with E-state index in [1.807, 2.05) is 311 Å². The molecule has 6 heterocycles. The van der Waals surface area contributed by atoms with Gasteiger partial charge in [0.1, 0.15) is 12.6 Å². The van der Waals surface area contributed by atoms with Crippen molar-refractivity contribution in [2.75, 3.05) is 100 Å². The molecule has 8 aromatic carbocycles. The van der Waals surface area contributed by atoms with Crippen LogP contribution in [0, 0.1) is 27.7 Å². The molecule has 0 amide bonds. The number of hydrogen-bond donors (Lipinski definition) is 1. The number of pyridine rings is 3. The molecule has 0 unspecified atom stereocenters. The summed E-state index contributed by atoms with van der Waals surface area (Å²) in [5.41, 5.74) is 14.6. The quantitative estimate of drug-likeness (QED) is 0.0679. The van der Waals surface area contributed by atoms with Crippen molar-refractivity contribution in [2.45, 2.75) is 195 Å². The summed E-state index contributed by atoms with van der Waals surface area (Å²) in [6, 6.07) is 78.4. The molecule has 0 atom stereocenters. The number of hydrogen-bond acceptors (Lipinski definition) is 10. The number of benzene rings is 8. The zero-order valence-corrected chi connectivity index (χ0v) is 84.5. The molecule has 3 aliphatic heterocycles. The Morgan fingerprint density at radius 1 is 0.395 bits per heavy atom. The van der Waals surface area contributed by atoms with Gasteiger partial charge in [-0.2, -0.15) is 49.2 Å². The van der Waals surface area contributed by atoms with Crippen LogP contribution < -0.4 is 20.0 Å². The number of anilines is 3. The summed E-state index contributed by atoms with van der Waals surface area (Å²) in [6.07, 6.45) is 9.54. The minimum atomic E-state index is 0. The SMILES string of the molecule is C.C.C.CC.CC.CC.CC.CC.CC.CC.CC.CC.CC.CC.CO/C=C/c1ccccc1.Cc1ccc2c(N3CCNCC3)cccc2n1.I.O=CCc1ccccc1.O=Cc1ccccc1.[CH2-]c1cccc(C)c1.[CH2-]c1ccccc1.[Y].[Y].c1cc(N2CC[N-]CC2)c2cccnc2c1.c1cc(N2CC[N-]CC2)c2cccnc2c1. The first-order valence-corrected chi connectivity index (χ1v) is 42.0. The Bertz CT molecular complexity index is 3740. The molecule has 12 nitrogen and oxygen atoms in total. The van der Waals surface area contributed by atoms with Crippen LogP contribution in [-0.4, -0.2) is 113 Å². The Morgan fingerprint density at radius 2 is 0.739 bits per heavy atom. The van der Waals surface area contributed by atoms with Gasteiger partial charge in [-0.25, -0.2) is 0 Å². The number of nitrogens with zero attached hydrogens (tertiary/aromatic N) is 8. The minimum Gasteiger partial charge on any atom is -0.659 e. The van der Waals surface area contributed by atoms with Crippen molar-refractivity contribution in [1.29, 1.82) is 0 Å². The zero-order chi connectivity index (χ0) is 85.9. The van der Waals surface area contributed by atoms with E-state index in [2.05, 4.69) is 157 Å². The number of fused-ring (bicyclic) bond motifs is 3. The van der Waals surface area contributed by atoms with E-state index in [0.717, 1.165) is 141 Å². The Labute approximate surface area is 798 Å². The molecule has 15 heteroatoms. The second kappa shape index (κ2) is 101.